The summed E-state index contributed by atoms with van der Waals surface area (Å²) in [6, 6.07) is 15.9. The van der Waals surface area contributed by atoms with E-state index in [1.165, 1.54) is 12.1 Å². The zero-order valence-electron chi connectivity index (χ0n) is 17.7. The number of halogens is 1. The maximum atomic E-state index is 13.4. The monoisotopic (exact) mass is 422 g/mol. The Balaban J connectivity index is 1.52. The highest BCUT2D eigenvalue weighted by Crippen LogP contribution is 2.33. The summed E-state index contributed by atoms with van der Waals surface area (Å²) in [6.45, 7) is 4.15. The van der Waals surface area contributed by atoms with Gasteiger partial charge in [0.05, 0.1) is 6.54 Å². The lowest BCUT2D eigenvalue weighted by molar-refractivity contribution is 0.0736. The fourth-order valence-electron chi connectivity index (χ4n) is 3.75. The Kier molecular flexibility index (Phi) is 6.55. The van der Waals surface area contributed by atoms with Gasteiger partial charge >= 0.3 is 0 Å². The molecule has 6 heteroatoms. The smallest absolute Gasteiger partial charge is 0.254 e. The van der Waals surface area contributed by atoms with Crippen LogP contribution in [0.1, 0.15) is 47.8 Å². The van der Waals surface area contributed by atoms with Crippen LogP contribution in [0.15, 0.2) is 60.8 Å². The number of fused-ring (bicyclic) bond motifs is 1. The third-order valence-electron chi connectivity index (χ3n) is 5.48. The average molecular weight is 423 g/mol. The first-order valence-corrected chi connectivity index (χ1v) is 10.7. The van der Waals surface area contributed by atoms with E-state index >= 15 is 0 Å². The Labute approximate surface area is 182 Å². The van der Waals surface area contributed by atoms with Gasteiger partial charge in [-0.25, -0.2) is 4.39 Å². The highest BCUT2D eigenvalue weighted by atomic mass is 19.1. The topological polar surface area (TPSA) is 43.7 Å². The number of rotatable bonds is 9. The number of unbranched alkanes of at least 4 members (excludes halogenated alkanes) is 2. The number of ether oxygens (including phenoxy) is 2. The van der Waals surface area contributed by atoms with Crippen molar-refractivity contribution in [3.05, 3.63) is 83.4 Å². The summed E-state index contributed by atoms with van der Waals surface area (Å²) in [5.74, 6) is 1.01. The summed E-state index contributed by atoms with van der Waals surface area (Å²) < 4.78 is 26.1. The van der Waals surface area contributed by atoms with Crippen molar-refractivity contribution in [2.75, 3.05) is 13.3 Å². The molecule has 0 unspecified atom stereocenters. The molecule has 0 aliphatic carbocycles. The van der Waals surface area contributed by atoms with E-state index in [2.05, 4.69) is 11.5 Å². The number of benzene rings is 2. The maximum Gasteiger partial charge on any atom is 0.254 e. The van der Waals surface area contributed by atoms with Gasteiger partial charge in [-0.2, -0.15) is 0 Å². The van der Waals surface area contributed by atoms with E-state index < -0.39 is 0 Å². The van der Waals surface area contributed by atoms with Crippen LogP contribution in [0, 0.1) is 5.82 Å². The van der Waals surface area contributed by atoms with Gasteiger partial charge in [0.1, 0.15) is 5.82 Å². The van der Waals surface area contributed by atoms with Crippen LogP contribution in [0.5, 0.6) is 11.5 Å². The lowest BCUT2D eigenvalue weighted by Gasteiger charge is -2.24. The summed E-state index contributed by atoms with van der Waals surface area (Å²) in [7, 11) is 0. The van der Waals surface area contributed by atoms with Crippen LogP contribution >= 0.6 is 0 Å². The maximum absolute atomic E-state index is 13.4. The van der Waals surface area contributed by atoms with E-state index in [1.807, 2.05) is 23.2 Å². The van der Waals surface area contributed by atoms with Crippen molar-refractivity contribution in [2.24, 2.45) is 0 Å². The summed E-state index contributed by atoms with van der Waals surface area (Å²) in [5.41, 5.74) is 2.64. The second-order valence-corrected chi connectivity index (χ2v) is 7.76. The van der Waals surface area contributed by atoms with Gasteiger partial charge in [-0.1, -0.05) is 31.9 Å². The van der Waals surface area contributed by atoms with Gasteiger partial charge < -0.3 is 18.9 Å². The van der Waals surface area contributed by atoms with Crippen LogP contribution < -0.4 is 9.47 Å². The van der Waals surface area contributed by atoms with Crippen molar-refractivity contribution >= 4 is 5.91 Å². The van der Waals surface area contributed by atoms with Gasteiger partial charge in [-0.3, -0.25) is 4.79 Å². The van der Waals surface area contributed by atoms with E-state index in [0.29, 0.717) is 36.7 Å². The Morgan fingerprint density at radius 3 is 2.68 bits per heavy atom. The summed E-state index contributed by atoms with van der Waals surface area (Å²) in [5, 5.41) is 0. The Morgan fingerprint density at radius 1 is 1.06 bits per heavy atom. The molecule has 5 nitrogen and oxygen atoms in total. The molecule has 0 saturated heterocycles. The summed E-state index contributed by atoms with van der Waals surface area (Å²) in [6.07, 6.45) is 5.11. The van der Waals surface area contributed by atoms with Crippen molar-refractivity contribution in [3.63, 3.8) is 0 Å². The van der Waals surface area contributed by atoms with Gasteiger partial charge in [0.2, 0.25) is 6.79 Å². The normalized spacial score (nSPS) is 12.2. The Hall–Kier alpha value is -3.28. The first kappa shape index (κ1) is 21.0. The molecule has 0 bridgehead atoms. The second kappa shape index (κ2) is 9.69. The standard InChI is InChI=1S/C25H27FN2O3/c1-2-3-4-13-28(25(29)20-9-12-23-24(15-20)31-18-30-23)17-22-6-5-14-27(22)16-19-7-10-21(26)11-8-19/h5-12,14-15H,2-4,13,16-18H2,1H3. The van der Waals surface area contributed by atoms with Crippen LogP contribution in [0.4, 0.5) is 4.39 Å². The molecule has 162 valence electrons. The summed E-state index contributed by atoms with van der Waals surface area (Å²) >= 11 is 0. The SMILES string of the molecule is CCCCCN(Cc1cccn1Cc1ccc(F)cc1)C(=O)c1ccc2c(c1)OCO2. The molecule has 31 heavy (non-hydrogen) atoms. The van der Waals surface area contributed by atoms with E-state index in [4.69, 9.17) is 9.47 Å². The van der Waals surface area contributed by atoms with Gasteiger partial charge in [0.15, 0.2) is 11.5 Å². The van der Waals surface area contributed by atoms with Gasteiger partial charge in [0.25, 0.3) is 5.91 Å². The minimum Gasteiger partial charge on any atom is -0.454 e. The second-order valence-electron chi connectivity index (χ2n) is 7.76. The largest absolute Gasteiger partial charge is 0.454 e. The molecule has 1 aliphatic rings. The number of hydrogen-bond donors (Lipinski definition) is 0. The third kappa shape index (κ3) is 5.08. The van der Waals surface area contributed by atoms with E-state index in [-0.39, 0.29) is 18.5 Å². The molecule has 0 fully saturated rings. The molecular formula is C25H27FN2O3. The number of carbonyl (C=O) groups excluding carboxylic acids is 1. The molecule has 0 saturated carbocycles. The first-order chi connectivity index (χ1) is 15.1. The highest BCUT2D eigenvalue weighted by Gasteiger charge is 2.21. The zero-order chi connectivity index (χ0) is 21.6. The molecular weight excluding hydrogens is 395 g/mol. The number of aromatic nitrogens is 1. The molecule has 0 N–H and O–H groups in total. The van der Waals surface area contributed by atoms with Crippen molar-refractivity contribution in [3.8, 4) is 11.5 Å². The molecule has 0 spiro atoms. The molecule has 1 amide bonds. The number of nitrogens with zero attached hydrogens (tertiary/aromatic N) is 2. The van der Waals surface area contributed by atoms with Crippen LogP contribution in [-0.2, 0) is 13.1 Å². The van der Waals surface area contributed by atoms with E-state index in [0.717, 1.165) is 30.5 Å². The van der Waals surface area contributed by atoms with Gasteiger partial charge in [-0.15, -0.1) is 0 Å². The van der Waals surface area contributed by atoms with Crippen LogP contribution in [0.3, 0.4) is 0 Å². The molecule has 2 heterocycles. The quantitative estimate of drug-likeness (QED) is 0.443. The highest BCUT2D eigenvalue weighted by molar-refractivity contribution is 5.95. The fraction of sp³-hybridized carbons (Fsp3) is 0.320. The van der Waals surface area contributed by atoms with Crippen molar-refractivity contribution in [2.45, 2.75) is 39.3 Å². The Morgan fingerprint density at radius 2 is 1.87 bits per heavy atom. The molecule has 4 rings (SSSR count). The average Bonchev–Trinajstić information content (AvgIpc) is 3.43. The predicted octanol–water partition coefficient (Wildman–Crippen LogP) is 5.24. The van der Waals surface area contributed by atoms with E-state index in [9.17, 15) is 9.18 Å². The molecule has 2 aromatic carbocycles. The number of hydrogen-bond acceptors (Lipinski definition) is 3. The zero-order valence-corrected chi connectivity index (χ0v) is 17.7. The minimum atomic E-state index is -0.243. The molecule has 0 radical (unpaired) electrons. The van der Waals surface area contributed by atoms with Gasteiger partial charge in [0, 0.05) is 30.5 Å². The van der Waals surface area contributed by atoms with Crippen molar-refractivity contribution in [1.29, 1.82) is 0 Å². The van der Waals surface area contributed by atoms with Crippen molar-refractivity contribution < 1.29 is 18.7 Å². The molecule has 0 atom stereocenters. The molecule has 3 aromatic rings. The lowest BCUT2D eigenvalue weighted by Crippen LogP contribution is -2.32. The van der Waals surface area contributed by atoms with Crippen LogP contribution in [0.2, 0.25) is 0 Å². The number of amides is 1. The van der Waals surface area contributed by atoms with Crippen LogP contribution in [0.25, 0.3) is 0 Å². The summed E-state index contributed by atoms with van der Waals surface area (Å²) in [4.78, 5) is 15.2. The Bertz CT molecular complexity index is 1030. The lowest BCUT2D eigenvalue weighted by atomic mass is 10.1. The minimum absolute atomic E-state index is 0.0241. The third-order valence-corrected chi connectivity index (χ3v) is 5.48. The van der Waals surface area contributed by atoms with E-state index in [1.54, 1.807) is 30.3 Å². The molecule has 1 aromatic heterocycles. The molecule has 1 aliphatic heterocycles. The first-order valence-electron chi connectivity index (χ1n) is 10.7. The van der Waals surface area contributed by atoms with Gasteiger partial charge in [-0.05, 0) is 54.4 Å². The van der Waals surface area contributed by atoms with Crippen LogP contribution in [-0.4, -0.2) is 28.7 Å². The number of carbonyl (C=O) groups is 1. The fourth-order valence-corrected chi connectivity index (χ4v) is 3.75. The van der Waals surface area contributed by atoms with Crippen molar-refractivity contribution in [1.82, 2.24) is 9.47 Å². The predicted molar refractivity (Wildman–Crippen MR) is 117 cm³/mol.